The fourth-order valence-corrected chi connectivity index (χ4v) is 2.79. The smallest absolute Gasteiger partial charge is 0.275 e. The van der Waals surface area contributed by atoms with Crippen LogP contribution in [-0.4, -0.2) is 54.0 Å². The van der Waals surface area contributed by atoms with E-state index in [0.29, 0.717) is 5.69 Å². The van der Waals surface area contributed by atoms with Crippen LogP contribution < -0.4 is 10.2 Å². The topological polar surface area (TPSA) is 61.4 Å². The number of carbonyl (C=O) groups is 1. The van der Waals surface area contributed by atoms with E-state index in [0.717, 1.165) is 32.0 Å². The Labute approximate surface area is 150 Å². The van der Waals surface area contributed by atoms with Gasteiger partial charge in [-0.25, -0.2) is 9.97 Å². The highest BCUT2D eigenvalue weighted by Gasteiger charge is 2.16. The number of rotatable bonds is 3. The first-order valence-corrected chi connectivity index (χ1v) is 8.31. The van der Waals surface area contributed by atoms with Crippen molar-refractivity contribution in [1.82, 2.24) is 14.9 Å². The first-order valence-electron chi connectivity index (χ1n) is 7.56. The van der Waals surface area contributed by atoms with Gasteiger partial charge >= 0.3 is 0 Å². The second-order valence-corrected chi connectivity index (χ2v) is 6.41. The van der Waals surface area contributed by atoms with E-state index in [2.05, 4.69) is 32.1 Å². The number of likely N-dealkylation sites (N-methyl/N-ethyl adjacent to an activating group) is 1. The number of anilines is 2. The van der Waals surface area contributed by atoms with Crippen LogP contribution in [-0.2, 0) is 0 Å². The number of carbonyl (C=O) groups excluding carboxylic acids is 1. The molecule has 2 aromatic heterocycles. The Hall–Kier alpha value is -1.89. The van der Waals surface area contributed by atoms with Gasteiger partial charge in [-0.05, 0) is 31.3 Å². The highest BCUT2D eigenvalue weighted by atomic mass is 35.5. The first kappa shape index (κ1) is 17.0. The zero-order valence-electron chi connectivity index (χ0n) is 13.2. The molecule has 8 heteroatoms. The molecule has 1 fully saturated rings. The van der Waals surface area contributed by atoms with E-state index in [1.165, 1.54) is 6.07 Å². The number of amides is 1. The van der Waals surface area contributed by atoms with E-state index in [4.69, 9.17) is 23.2 Å². The molecule has 0 bridgehead atoms. The molecule has 1 N–H and O–H groups in total. The molecule has 0 aromatic carbocycles. The van der Waals surface area contributed by atoms with Crippen LogP contribution >= 0.6 is 23.2 Å². The highest BCUT2D eigenvalue weighted by molar-refractivity contribution is 6.35. The summed E-state index contributed by atoms with van der Waals surface area (Å²) in [4.78, 5) is 25.1. The second-order valence-electron chi connectivity index (χ2n) is 5.61. The molecule has 6 nitrogen and oxygen atoms in total. The maximum Gasteiger partial charge on any atom is 0.275 e. The Kier molecular flexibility index (Phi) is 5.18. The van der Waals surface area contributed by atoms with Crippen molar-refractivity contribution in [2.24, 2.45) is 0 Å². The van der Waals surface area contributed by atoms with E-state index in [9.17, 15) is 4.79 Å². The lowest BCUT2D eigenvalue weighted by Crippen LogP contribution is -2.44. The maximum atomic E-state index is 12.2. The van der Waals surface area contributed by atoms with Crippen molar-refractivity contribution in [2.75, 3.05) is 43.4 Å². The van der Waals surface area contributed by atoms with Crippen LogP contribution in [0.1, 0.15) is 10.5 Å². The summed E-state index contributed by atoms with van der Waals surface area (Å²) in [5.41, 5.74) is 0.669. The number of hydrogen-bond acceptors (Lipinski definition) is 5. The van der Waals surface area contributed by atoms with Gasteiger partial charge in [0.1, 0.15) is 16.7 Å². The third-order valence-corrected chi connectivity index (χ3v) is 4.38. The Morgan fingerprint density at radius 1 is 1.12 bits per heavy atom. The van der Waals surface area contributed by atoms with Crippen LogP contribution in [0.5, 0.6) is 0 Å². The van der Waals surface area contributed by atoms with Gasteiger partial charge in [0.15, 0.2) is 0 Å². The molecule has 1 aliphatic heterocycles. The van der Waals surface area contributed by atoms with Crippen molar-refractivity contribution in [3.05, 3.63) is 46.3 Å². The molecular formula is C16H17Cl2N5O. The van der Waals surface area contributed by atoms with Crippen molar-refractivity contribution < 1.29 is 4.79 Å². The molecule has 0 unspecified atom stereocenters. The quantitative estimate of drug-likeness (QED) is 0.847. The summed E-state index contributed by atoms with van der Waals surface area (Å²) < 4.78 is 0. The lowest BCUT2D eigenvalue weighted by Gasteiger charge is -2.33. The van der Waals surface area contributed by atoms with Crippen LogP contribution in [0.25, 0.3) is 0 Å². The summed E-state index contributed by atoms with van der Waals surface area (Å²) in [7, 11) is 2.11. The fraction of sp³-hybridized carbons (Fsp3) is 0.312. The van der Waals surface area contributed by atoms with Crippen molar-refractivity contribution in [2.45, 2.75) is 0 Å². The van der Waals surface area contributed by atoms with E-state index >= 15 is 0 Å². The number of nitrogens with one attached hydrogen (secondary N) is 1. The molecule has 3 heterocycles. The van der Waals surface area contributed by atoms with Gasteiger partial charge in [0.05, 0.1) is 16.9 Å². The largest absolute Gasteiger partial charge is 0.354 e. The third-order valence-electron chi connectivity index (χ3n) is 3.86. The zero-order chi connectivity index (χ0) is 17.1. The molecule has 24 heavy (non-hydrogen) atoms. The van der Waals surface area contributed by atoms with Gasteiger partial charge < -0.3 is 15.1 Å². The minimum Gasteiger partial charge on any atom is -0.354 e. The Balaban J connectivity index is 1.68. The SMILES string of the molecule is CN1CCN(c2ccc(NC(=O)c3nc(Cl)ccc3Cl)cn2)CC1. The summed E-state index contributed by atoms with van der Waals surface area (Å²) in [6.07, 6.45) is 1.63. The summed E-state index contributed by atoms with van der Waals surface area (Å²) >= 11 is 11.8. The molecule has 3 rings (SSSR count). The molecule has 1 amide bonds. The minimum atomic E-state index is -0.420. The first-order chi connectivity index (χ1) is 11.5. The number of hydrogen-bond donors (Lipinski definition) is 1. The standard InChI is InChI=1S/C16H17Cl2N5O/c1-22-6-8-23(9-7-22)14-5-2-11(10-19-14)20-16(24)15-12(17)3-4-13(18)21-15/h2-5,10H,6-9H2,1H3,(H,20,24). The molecule has 0 saturated carbocycles. The molecule has 126 valence electrons. The van der Waals surface area contributed by atoms with E-state index in [1.54, 1.807) is 12.3 Å². The number of piperazine rings is 1. The lowest BCUT2D eigenvalue weighted by atomic mass is 10.3. The molecular weight excluding hydrogens is 349 g/mol. The predicted octanol–water partition coefficient (Wildman–Crippen LogP) is 2.79. The molecule has 0 aliphatic carbocycles. The third kappa shape index (κ3) is 3.95. The normalized spacial score (nSPS) is 15.4. The summed E-state index contributed by atoms with van der Waals surface area (Å²) in [6.45, 7) is 3.91. The van der Waals surface area contributed by atoms with E-state index in [-0.39, 0.29) is 15.9 Å². The van der Waals surface area contributed by atoms with Gasteiger partial charge in [-0.15, -0.1) is 0 Å². The van der Waals surface area contributed by atoms with Crippen LogP contribution in [0.4, 0.5) is 11.5 Å². The fourth-order valence-electron chi connectivity index (χ4n) is 2.45. The van der Waals surface area contributed by atoms with Crippen molar-refractivity contribution in [1.29, 1.82) is 0 Å². The monoisotopic (exact) mass is 365 g/mol. The number of aromatic nitrogens is 2. The van der Waals surface area contributed by atoms with Crippen LogP contribution in [0.15, 0.2) is 30.5 Å². The lowest BCUT2D eigenvalue weighted by molar-refractivity contribution is 0.102. The average molecular weight is 366 g/mol. The van der Waals surface area contributed by atoms with Crippen molar-refractivity contribution >= 4 is 40.6 Å². The Morgan fingerprint density at radius 3 is 2.54 bits per heavy atom. The number of halogens is 2. The maximum absolute atomic E-state index is 12.2. The van der Waals surface area contributed by atoms with Gasteiger partial charge in [-0.1, -0.05) is 23.2 Å². The van der Waals surface area contributed by atoms with Crippen LogP contribution in [0.2, 0.25) is 10.2 Å². The van der Waals surface area contributed by atoms with Gasteiger partial charge in [-0.3, -0.25) is 4.79 Å². The summed E-state index contributed by atoms with van der Waals surface area (Å²) in [6, 6.07) is 6.79. The van der Waals surface area contributed by atoms with Gasteiger partial charge in [0.25, 0.3) is 5.91 Å². The summed E-state index contributed by atoms with van der Waals surface area (Å²) in [5, 5.41) is 3.19. The summed E-state index contributed by atoms with van der Waals surface area (Å²) in [5.74, 6) is 0.483. The van der Waals surface area contributed by atoms with Gasteiger partial charge in [0, 0.05) is 26.2 Å². The average Bonchev–Trinajstić information content (AvgIpc) is 2.58. The molecule has 0 atom stereocenters. The van der Waals surface area contributed by atoms with Gasteiger partial charge in [-0.2, -0.15) is 0 Å². The second kappa shape index (κ2) is 7.34. The Morgan fingerprint density at radius 2 is 1.88 bits per heavy atom. The van der Waals surface area contributed by atoms with E-state index in [1.807, 2.05) is 12.1 Å². The molecule has 0 radical (unpaired) electrons. The molecule has 1 aliphatic rings. The minimum absolute atomic E-state index is 0.0901. The zero-order valence-corrected chi connectivity index (χ0v) is 14.7. The highest BCUT2D eigenvalue weighted by Crippen LogP contribution is 2.20. The van der Waals surface area contributed by atoms with Crippen LogP contribution in [0.3, 0.4) is 0 Å². The molecule has 1 saturated heterocycles. The molecule has 2 aromatic rings. The van der Waals surface area contributed by atoms with Crippen molar-refractivity contribution in [3.8, 4) is 0 Å². The predicted molar refractivity (Wildman–Crippen MR) is 96.2 cm³/mol. The Bertz CT molecular complexity index is 730. The van der Waals surface area contributed by atoms with Crippen LogP contribution in [0, 0.1) is 0 Å². The number of nitrogens with zero attached hydrogens (tertiary/aromatic N) is 4. The molecule has 0 spiro atoms. The number of pyridine rings is 2. The van der Waals surface area contributed by atoms with Crippen molar-refractivity contribution in [3.63, 3.8) is 0 Å². The van der Waals surface area contributed by atoms with E-state index < -0.39 is 5.91 Å². The van der Waals surface area contributed by atoms with Gasteiger partial charge in [0.2, 0.25) is 0 Å².